The average molecular weight is 195 g/mol. The van der Waals surface area contributed by atoms with Gasteiger partial charge in [-0.25, -0.2) is 0 Å². The van der Waals surface area contributed by atoms with Gasteiger partial charge in [-0.3, -0.25) is 0 Å². The molecule has 0 amide bonds. The van der Waals surface area contributed by atoms with Crippen LogP contribution in [0.1, 0.15) is 64.7 Å². The molecule has 0 saturated heterocycles. The maximum absolute atomic E-state index is 6.60. The zero-order chi connectivity index (χ0) is 10.0. The number of hydrogen-bond acceptors (Lipinski definition) is 1. The maximum Gasteiger partial charge on any atom is 0.0182 e. The summed E-state index contributed by atoms with van der Waals surface area (Å²) >= 11 is 0. The Morgan fingerprint density at radius 1 is 0.786 bits per heavy atom. The van der Waals surface area contributed by atoms with Gasteiger partial charge in [0.2, 0.25) is 0 Å². The summed E-state index contributed by atoms with van der Waals surface area (Å²) in [6.07, 6.45) is 12.7. The molecular weight excluding hydrogens is 170 g/mol. The minimum Gasteiger partial charge on any atom is -0.325 e. The predicted octanol–water partition coefficient (Wildman–Crippen LogP) is 3.47. The minimum atomic E-state index is 0.150. The Labute approximate surface area is 88.4 Å². The fourth-order valence-corrected chi connectivity index (χ4v) is 3.61. The first-order valence-corrected chi connectivity index (χ1v) is 6.50. The highest BCUT2D eigenvalue weighted by atomic mass is 14.8. The standard InChI is InChI=1S/C13H25N/c1-13(14,12-9-5-6-10-12)11-7-3-2-4-8-11/h11-12H,2-10,14H2,1H3. The van der Waals surface area contributed by atoms with Gasteiger partial charge in [0, 0.05) is 5.54 Å². The van der Waals surface area contributed by atoms with Crippen LogP contribution in [0.2, 0.25) is 0 Å². The van der Waals surface area contributed by atoms with E-state index in [2.05, 4.69) is 6.92 Å². The van der Waals surface area contributed by atoms with E-state index in [1.165, 1.54) is 57.8 Å². The van der Waals surface area contributed by atoms with Crippen LogP contribution in [0.15, 0.2) is 0 Å². The van der Waals surface area contributed by atoms with Crippen molar-refractivity contribution < 1.29 is 0 Å². The molecule has 0 aliphatic heterocycles. The van der Waals surface area contributed by atoms with E-state index in [0.29, 0.717) is 0 Å². The van der Waals surface area contributed by atoms with Crippen LogP contribution in [-0.4, -0.2) is 5.54 Å². The van der Waals surface area contributed by atoms with Crippen LogP contribution < -0.4 is 5.73 Å². The quantitative estimate of drug-likeness (QED) is 0.717. The van der Waals surface area contributed by atoms with Crippen molar-refractivity contribution in [1.29, 1.82) is 0 Å². The zero-order valence-electron chi connectivity index (χ0n) is 9.60. The molecule has 0 aromatic heterocycles. The van der Waals surface area contributed by atoms with Gasteiger partial charge in [0.25, 0.3) is 0 Å². The first-order valence-electron chi connectivity index (χ1n) is 6.50. The lowest BCUT2D eigenvalue weighted by Crippen LogP contribution is -2.50. The molecule has 0 aromatic carbocycles. The molecule has 2 fully saturated rings. The summed E-state index contributed by atoms with van der Waals surface area (Å²) in [5.74, 6) is 1.64. The van der Waals surface area contributed by atoms with Crippen LogP contribution in [0.5, 0.6) is 0 Å². The number of nitrogens with two attached hydrogens (primary N) is 1. The molecule has 0 aromatic rings. The Bertz CT molecular complexity index is 174. The van der Waals surface area contributed by atoms with Crippen molar-refractivity contribution in [3.05, 3.63) is 0 Å². The van der Waals surface area contributed by atoms with Gasteiger partial charge in [0.1, 0.15) is 0 Å². The lowest BCUT2D eigenvalue weighted by molar-refractivity contribution is 0.153. The molecular formula is C13H25N. The summed E-state index contributed by atoms with van der Waals surface area (Å²) in [5.41, 5.74) is 6.75. The highest BCUT2D eigenvalue weighted by Gasteiger charge is 2.39. The Morgan fingerprint density at radius 3 is 1.57 bits per heavy atom. The van der Waals surface area contributed by atoms with Gasteiger partial charge in [-0.15, -0.1) is 0 Å². The van der Waals surface area contributed by atoms with Crippen LogP contribution in [0.4, 0.5) is 0 Å². The molecule has 1 unspecified atom stereocenters. The molecule has 2 rings (SSSR count). The Balaban J connectivity index is 1.97. The topological polar surface area (TPSA) is 26.0 Å². The Morgan fingerprint density at radius 2 is 1.14 bits per heavy atom. The predicted molar refractivity (Wildman–Crippen MR) is 61.1 cm³/mol. The highest BCUT2D eigenvalue weighted by molar-refractivity contribution is 4.95. The van der Waals surface area contributed by atoms with Crippen molar-refractivity contribution in [3.63, 3.8) is 0 Å². The molecule has 1 atom stereocenters. The van der Waals surface area contributed by atoms with Crippen molar-refractivity contribution in [2.24, 2.45) is 17.6 Å². The molecule has 82 valence electrons. The summed E-state index contributed by atoms with van der Waals surface area (Å²) in [4.78, 5) is 0. The minimum absolute atomic E-state index is 0.150. The SMILES string of the molecule is CC(N)(C1CCCCC1)C1CCCC1. The summed E-state index contributed by atoms with van der Waals surface area (Å²) in [7, 11) is 0. The van der Waals surface area contributed by atoms with Crippen molar-refractivity contribution in [1.82, 2.24) is 0 Å². The lowest BCUT2D eigenvalue weighted by atomic mass is 9.69. The van der Waals surface area contributed by atoms with Crippen LogP contribution >= 0.6 is 0 Å². The van der Waals surface area contributed by atoms with E-state index in [-0.39, 0.29) is 5.54 Å². The monoisotopic (exact) mass is 195 g/mol. The summed E-state index contributed by atoms with van der Waals surface area (Å²) in [6, 6.07) is 0. The fraction of sp³-hybridized carbons (Fsp3) is 1.00. The number of hydrogen-bond donors (Lipinski definition) is 1. The molecule has 2 aliphatic rings. The molecule has 0 radical (unpaired) electrons. The largest absolute Gasteiger partial charge is 0.325 e. The van der Waals surface area contributed by atoms with Crippen molar-refractivity contribution in [3.8, 4) is 0 Å². The van der Waals surface area contributed by atoms with Gasteiger partial charge in [0.05, 0.1) is 0 Å². The van der Waals surface area contributed by atoms with Crippen LogP contribution in [0.25, 0.3) is 0 Å². The lowest BCUT2D eigenvalue weighted by Gasteiger charge is -2.41. The molecule has 0 heterocycles. The zero-order valence-corrected chi connectivity index (χ0v) is 9.60. The molecule has 0 spiro atoms. The second-order valence-electron chi connectivity index (χ2n) is 5.68. The molecule has 0 bridgehead atoms. The van der Waals surface area contributed by atoms with Crippen molar-refractivity contribution in [2.45, 2.75) is 70.3 Å². The van der Waals surface area contributed by atoms with Gasteiger partial charge >= 0.3 is 0 Å². The molecule has 2 aliphatic carbocycles. The third-order valence-corrected chi connectivity index (χ3v) is 4.72. The van der Waals surface area contributed by atoms with E-state index in [0.717, 1.165) is 11.8 Å². The van der Waals surface area contributed by atoms with Gasteiger partial charge in [-0.05, 0) is 44.4 Å². The second-order valence-corrected chi connectivity index (χ2v) is 5.68. The van der Waals surface area contributed by atoms with E-state index in [1.807, 2.05) is 0 Å². The molecule has 1 nitrogen and oxygen atoms in total. The van der Waals surface area contributed by atoms with Gasteiger partial charge in [-0.1, -0.05) is 32.1 Å². The van der Waals surface area contributed by atoms with Crippen molar-refractivity contribution >= 4 is 0 Å². The normalized spacial score (nSPS) is 30.4. The van der Waals surface area contributed by atoms with Crippen molar-refractivity contribution in [2.75, 3.05) is 0 Å². The second kappa shape index (κ2) is 4.22. The van der Waals surface area contributed by atoms with E-state index in [9.17, 15) is 0 Å². The molecule has 2 N–H and O–H groups in total. The molecule has 14 heavy (non-hydrogen) atoms. The maximum atomic E-state index is 6.60. The van der Waals surface area contributed by atoms with E-state index < -0.39 is 0 Å². The summed E-state index contributed by atoms with van der Waals surface area (Å²) in [5, 5.41) is 0. The molecule has 2 saturated carbocycles. The smallest absolute Gasteiger partial charge is 0.0182 e. The highest BCUT2D eigenvalue weighted by Crippen LogP contribution is 2.41. The van der Waals surface area contributed by atoms with Gasteiger partial charge < -0.3 is 5.73 Å². The third kappa shape index (κ3) is 1.98. The average Bonchev–Trinajstić information content (AvgIpc) is 2.72. The summed E-state index contributed by atoms with van der Waals surface area (Å²) in [6.45, 7) is 2.33. The van der Waals surface area contributed by atoms with Crippen LogP contribution in [0.3, 0.4) is 0 Å². The molecule has 1 heteroatoms. The van der Waals surface area contributed by atoms with Gasteiger partial charge in [0.15, 0.2) is 0 Å². The van der Waals surface area contributed by atoms with E-state index >= 15 is 0 Å². The number of rotatable bonds is 2. The first-order chi connectivity index (χ1) is 6.71. The first kappa shape index (κ1) is 10.5. The van der Waals surface area contributed by atoms with E-state index in [1.54, 1.807) is 0 Å². The summed E-state index contributed by atoms with van der Waals surface area (Å²) < 4.78 is 0. The van der Waals surface area contributed by atoms with Crippen LogP contribution in [0, 0.1) is 11.8 Å². The van der Waals surface area contributed by atoms with Gasteiger partial charge in [-0.2, -0.15) is 0 Å². The van der Waals surface area contributed by atoms with E-state index in [4.69, 9.17) is 5.73 Å². The fourth-order valence-electron chi connectivity index (χ4n) is 3.61. The Hall–Kier alpha value is -0.0400. The Kier molecular flexibility index (Phi) is 3.16. The van der Waals surface area contributed by atoms with Crippen LogP contribution in [-0.2, 0) is 0 Å². The third-order valence-electron chi connectivity index (χ3n) is 4.72.